The van der Waals surface area contributed by atoms with Gasteiger partial charge in [0.1, 0.15) is 0 Å². The Morgan fingerprint density at radius 1 is 1.62 bits per heavy atom. The van der Waals surface area contributed by atoms with Gasteiger partial charge in [-0.3, -0.25) is 4.79 Å². The molecule has 1 aromatic rings. The molecule has 2 atom stereocenters. The highest BCUT2D eigenvalue weighted by Crippen LogP contribution is 2.33. The second-order valence-corrected chi connectivity index (χ2v) is 6.81. The van der Waals surface area contributed by atoms with E-state index in [1.54, 1.807) is 11.3 Å². The summed E-state index contributed by atoms with van der Waals surface area (Å²) < 4.78 is 0.779. The molecule has 1 saturated heterocycles. The molecule has 88 valence electrons. The van der Waals surface area contributed by atoms with Gasteiger partial charge in [0.05, 0.1) is 15.2 Å². The van der Waals surface area contributed by atoms with Crippen molar-refractivity contribution in [2.45, 2.75) is 30.6 Å². The van der Waals surface area contributed by atoms with Crippen LogP contribution in [0.5, 0.6) is 0 Å². The van der Waals surface area contributed by atoms with Gasteiger partial charge in [0.15, 0.2) is 0 Å². The summed E-state index contributed by atoms with van der Waals surface area (Å²) in [6.07, 6.45) is 2.00. The van der Waals surface area contributed by atoms with Crippen LogP contribution in [-0.2, 0) is 4.79 Å². The van der Waals surface area contributed by atoms with Crippen molar-refractivity contribution < 1.29 is 4.79 Å². The number of amides is 1. The molecule has 0 N–H and O–H groups in total. The number of hydrogen-bond donors (Lipinski definition) is 0. The summed E-state index contributed by atoms with van der Waals surface area (Å²) in [5.41, 5.74) is 0. The first-order valence-electron chi connectivity index (χ1n) is 5.29. The largest absolute Gasteiger partial charge is 0.334 e. The highest BCUT2D eigenvalue weighted by molar-refractivity contribution is 9.10. The van der Waals surface area contributed by atoms with Gasteiger partial charge in [-0.05, 0) is 31.9 Å². The molecule has 2 heterocycles. The first-order valence-corrected chi connectivity index (χ1v) is 7.40. The van der Waals surface area contributed by atoms with Crippen molar-refractivity contribution >= 4 is 44.8 Å². The standard InChI is InChI=1S/C11H13BrClNOS/c1-7(9-4-5-10(13)16-9)14-6-2-3-8(12)11(14)15/h4-5,7-8H,2-3,6H2,1H3. The fourth-order valence-corrected chi connectivity index (χ4v) is 3.66. The quantitative estimate of drug-likeness (QED) is 0.757. The van der Waals surface area contributed by atoms with Gasteiger partial charge >= 0.3 is 0 Å². The van der Waals surface area contributed by atoms with E-state index in [1.165, 1.54) is 0 Å². The van der Waals surface area contributed by atoms with E-state index in [0.717, 1.165) is 28.6 Å². The van der Waals surface area contributed by atoms with Crippen LogP contribution in [0.2, 0.25) is 4.34 Å². The third-order valence-electron chi connectivity index (χ3n) is 2.88. The van der Waals surface area contributed by atoms with Crippen molar-refractivity contribution in [3.63, 3.8) is 0 Å². The fourth-order valence-electron chi connectivity index (χ4n) is 1.95. The Morgan fingerprint density at radius 2 is 2.38 bits per heavy atom. The smallest absolute Gasteiger partial charge is 0.236 e. The average molecular weight is 323 g/mol. The van der Waals surface area contributed by atoms with Gasteiger partial charge in [0, 0.05) is 11.4 Å². The number of nitrogens with zero attached hydrogens (tertiary/aromatic N) is 1. The van der Waals surface area contributed by atoms with E-state index in [1.807, 2.05) is 17.0 Å². The minimum absolute atomic E-state index is 0.0147. The lowest BCUT2D eigenvalue weighted by molar-refractivity contribution is -0.134. The molecule has 0 aromatic carbocycles. The Morgan fingerprint density at radius 3 is 3.00 bits per heavy atom. The summed E-state index contributed by atoms with van der Waals surface area (Å²) in [5, 5.41) is 0. The molecule has 0 spiro atoms. The Balaban J connectivity index is 2.14. The summed E-state index contributed by atoms with van der Waals surface area (Å²) >= 11 is 10.9. The molecular formula is C11H13BrClNOS. The summed E-state index contributed by atoms with van der Waals surface area (Å²) in [6.45, 7) is 2.91. The highest BCUT2D eigenvalue weighted by atomic mass is 79.9. The molecule has 2 nitrogen and oxygen atoms in total. The molecule has 1 aliphatic heterocycles. The molecule has 0 bridgehead atoms. The molecule has 0 radical (unpaired) electrons. The third-order valence-corrected chi connectivity index (χ3v) is 5.13. The van der Waals surface area contributed by atoms with Crippen molar-refractivity contribution in [3.05, 3.63) is 21.3 Å². The first kappa shape index (κ1) is 12.4. The number of alkyl halides is 1. The first-order chi connectivity index (χ1) is 7.59. The second-order valence-electron chi connectivity index (χ2n) is 3.96. The van der Waals surface area contributed by atoms with Gasteiger partial charge in [0.25, 0.3) is 0 Å². The Kier molecular flexibility index (Phi) is 3.93. The zero-order valence-electron chi connectivity index (χ0n) is 8.95. The number of carbonyl (C=O) groups excluding carboxylic acids is 1. The van der Waals surface area contributed by atoms with Gasteiger partial charge < -0.3 is 4.90 Å². The normalized spacial score (nSPS) is 23.6. The number of hydrogen-bond acceptors (Lipinski definition) is 2. The van der Waals surface area contributed by atoms with Gasteiger partial charge in [-0.25, -0.2) is 0 Å². The van der Waals surface area contributed by atoms with Crippen LogP contribution in [-0.4, -0.2) is 22.2 Å². The zero-order chi connectivity index (χ0) is 11.7. The van der Waals surface area contributed by atoms with Crippen molar-refractivity contribution in [1.29, 1.82) is 0 Å². The summed E-state index contributed by atoms with van der Waals surface area (Å²) in [7, 11) is 0. The molecule has 1 fully saturated rings. The van der Waals surface area contributed by atoms with Crippen LogP contribution in [0.25, 0.3) is 0 Å². The number of halogens is 2. The summed E-state index contributed by atoms with van der Waals surface area (Å²) in [4.78, 5) is 15.1. The van der Waals surface area contributed by atoms with Gasteiger partial charge in [-0.1, -0.05) is 27.5 Å². The number of piperidine rings is 1. The van der Waals surface area contributed by atoms with E-state index in [4.69, 9.17) is 11.6 Å². The van der Waals surface area contributed by atoms with E-state index >= 15 is 0 Å². The monoisotopic (exact) mass is 321 g/mol. The minimum Gasteiger partial charge on any atom is -0.334 e. The third kappa shape index (κ3) is 2.44. The van der Waals surface area contributed by atoms with Crippen LogP contribution in [0, 0.1) is 0 Å². The molecule has 5 heteroatoms. The SMILES string of the molecule is CC(c1ccc(Cl)s1)N1CCCC(Br)C1=O. The number of rotatable bonds is 2. The molecule has 0 aliphatic carbocycles. The van der Waals surface area contributed by atoms with Crippen molar-refractivity contribution in [3.8, 4) is 0 Å². The molecule has 16 heavy (non-hydrogen) atoms. The predicted molar refractivity (Wildman–Crippen MR) is 71.4 cm³/mol. The minimum atomic E-state index is -0.0147. The molecule has 1 amide bonds. The summed E-state index contributed by atoms with van der Waals surface area (Å²) in [5.74, 6) is 0.197. The fraction of sp³-hybridized carbons (Fsp3) is 0.545. The number of likely N-dealkylation sites (tertiary alicyclic amines) is 1. The number of carbonyl (C=O) groups is 1. The average Bonchev–Trinajstić information content (AvgIpc) is 2.68. The lowest BCUT2D eigenvalue weighted by Gasteiger charge is -2.34. The predicted octanol–water partition coefficient (Wildman–Crippen LogP) is 3.85. The highest BCUT2D eigenvalue weighted by Gasteiger charge is 2.30. The van der Waals surface area contributed by atoms with Crippen molar-refractivity contribution in [2.24, 2.45) is 0 Å². The lowest BCUT2D eigenvalue weighted by atomic mass is 10.1. The van der Waals surface area contributed by atoms with Crippen LogP contribution in [0.3, 0.4) is 0 Å². The molecule has 0 saturated carbocycles. The van der Waals surface area contributed by atoms with Crippen LogP contribution >= 0.6 is 38.9 Å². The molecule has 1 aliphatic rings. The summed E-state index contributed by atoms with van der Waals surface area (Å²) in [6, 6.07) is 4.02. The van der Waals surface area contributed by atoms with E-state index in [-0.39, 0.29) is 16.8 Å². The Hall–Kier alpha value is -0.0600. The molecule has 2 unspecified atom stereocenters. The van der Waals surface area contributed by atoms with E-state index in [9.17, 15) is 4.79 Å². The van der Waals surface area contributed by atoms with Gasteiger partial charge in [0.2, 0.25) is 5.91 Å². The Bertz CT molecular complexity index is 395. The van der Waals surface area contributed by atoms with Crippen molar-refractivity contribution in [1.82, 2.24) is 4.90 Å². The Labute approximate surface area is 113 Å². The van der Waals surface area contributed by atoms with Crippen LogP contribution in [0.1, 0.15) is 30.7 Å². The second kappa shape index (κ2) is 5.07. The molecule has 1 aromatic heterocycles. The van der Waals surface area contributed by atoms with Gasteiger partial charge in [-0.15, -0.1) is 11.3 Å². The van der Waals surface area contributed by atoms with Crippen LogP contribution in [0.4, 0.5) is 0 Å². The zero-order valence-corrected chi connectivity index (χ0v) is 12.1. The molecule has 2 rings (SSSR count). The maximum absolute atomic E-state index is 12.0. The van der Waals surface area contributed by atoms with Crippen molar-refractivity contribution in [2.75, 3.05) is 6.54 Å². The molecular weight excluding hydrogens is 310 g/mol. The van der Waals surface area contributed by atoms with Crippen LogP contribution < -0.4 is 0 Å². The van der Waals surface area contributed by atoms with E-state index in [0.29, 0.717) is 0 Å². The van der Waals surface area contributed by atoms with Gasteiger partial charge in [-0.2, -0.15) is 0 Å². The topological polar surface area (TPSA) is 20.3 Å². The lowest BCUT2D eigenvalue weighted by Crippen LogP contribution is -2.42. The van der Waals surface area contributed by atoms with E-state index in [2.05, 4.69) is 22.9 Å². The van der Waals surface area contributed by atoms with E-state index < -0.39 is 0 Å². The van der Waals surface area contributed by atoms with Crippen LogP contribution in [0.15, 0.2) is 12.1 Å². The maximum Gasteiger partial charge on any atom is 0.236 e. The maximum atomic E-state index is 12.0. The number of thiophene rings is 1.